The van der Waals surface area contributed by atoms with Crippen molar-refractivity contribution in [3.05, 3.63) is 229 Å². The van der Waals surface area contributed by atoms with E-state index in [-0.39, 0.29) is 11.1 Å². The Hall–Kier alpha value is -9.06. The molecule has 4 heterocycles. The molecular weight excluding hydrogens is 860 g/mol. The number of pyridine rings is 2. The maximum absolute atomic E-state index is 15.7. The number of hydrogen-bond acceptors (Lipinski definition) is 3. The van der Waals surface area contributed by atoms with Gasteiger partial charge in [-0.1, -0.05) is 146 Å². The van der Waals surface area contributed by atoms with Crippen molar-refractivity contribution in [2.24, 2.45) is 0 Å². The second-order valence-electron chi connectivity index (χ2n) is 17.3. The lowest BCUT2D eigenvalue weighted by Crippen LogP contribution is -2.12. The van der Waals surface area contributed by atoms with E-state index in [1.54, 1.807) is 25.1 Å². The number of fused-ring (bicyclic) bond motifs is 6. The molecule has 328 valence electrons. The van der Waals surface area contributed by atoms with Gasteiger partial charge in [-0.05, 0) is 78.2 Å². The van der Waals surface area contributed by atoms with Crippen LogP contribution in [-0.2, 0) is 6.18 Å². The molecule has 0 aliphatic rings. The molecule has 0 bridgehead atoms. The molecule has 0 saturated heterocycles. The second-order valence-corrected chi connectivity index (χ2v) is 17.3. The zero-order valence-corrected chi connectivity index (χ0v) is 37.1. The second kappa shape index (κ2) is 16.4. The normalized spacial score (nSPS) is 11.8. The summed E-state index contributed by atoms with van der Waals surface area (Å²) in [5.74, 6) is 0. The summed E-state index contributed by atoms with van der Waals surface area (Å²) >= 11 is 0. The van der Waals surface area contributed by atoms with Crippen LogP contribution in [0, 0.1) is 18.3 Å². The number of nitrogens with zero attached hydrogens (tertiary/aromatic N) is 5. The Labute approximate surface area is 395 Å². The molecule has 69 heavy (non-hydrogen) atoms. The zero-order chi connectivity index (χ0) is 46.8. The standard InChI is InChI=1S/C61H38F3N5/c1-38-13-12-20-50(61(62,63)64)59(38)60-57(68-53-21-10-8-18-46(53)48-27-23-42(33-55(48)68)44-25-29-51(66-36-44)40-14-4-2-5-15-40)31-39(35-65)32-58(60)69-54-22-11-9-19-47(54)49-28-24-43(34-56(49)69)45-26-30-52(67-37-45)41-16-6-3-7-17-41/h2-34,36-37H,1H3. The van der Waals surface area contributed by atoms with Gasteiger partial charge in [-0.15, -0.1) is 0 Å². The molecule has 12 aromatic rings. The van der Waals surface area contributed by atoms with Crippen LogP contribution in [0.5, 0.6) is 0 Å². The van der Waals surface area contributed by atoms with Crippen molar-refractivity contribution in [1.82, 2.24) is 19.1 Å². The highest BCUT2D eigenvalue weighted by atomic mass is 19.4. The zero-order valence-electron chi connectivity index (χ0n) is 37.1. The Bertz CT molecular complexity index is 3770. The van der Waals surface area contributed by atoms with Crippen molar-refractivity contribution in [2.45, 2.75) is 13.1 Å². The van der Waals surface area contributed by atoms with Gasteiger partial charge in [0.15, 0.2) is 0 Å². The van der Waals surface area contributed by atoms with Crippen molar-refractivity contribution in [1.29, 1.82) is 5.26 Å². The molecular formula is C61H38F3N5. The average molecular weight is 898 g/mol. The molecule has 0 N–H and O–H groups in total. The molecule has 0 spiro atoms. The maximum Gasteiger partial charge on any atom is 0.417 e. The first-order valence-electron chi connectivity index (χ1n) is 22.6. The summed E-state index contributed by atoms with van der Waals surface area (Å²) in [4.78, 5) is 9.65. The van der Waals surface area contributed by atoms with Crippen LogP contribution < -0.4 is 0 Å². The lowest BCUT2D eigenvalue weighted by molar-refractivity contribution is -0.137. The monoisotopic (exact) mass is 897 g/mol. The number of alkyl halides is 3. The average Bonchev–Trinajstić information content (AvgIpc) is 3.90. The number of rotatable bonds is 7. The fourth-order valence-electron chi connectivity index (χ4n) is 10.0. The first-order chi connectivity index (χ1) is 33.7. The molecule has 5 nitrogen and oxygen atoms in total. The smallest absolute Gasteiger partial charge is 0.308 e. The topological polar surface area (TPSA) is 59.4 Å². The third kappa shape index (κ3) is 7.02. The van der Waals surface area contributed by atoms with E-state index in [0.717, 1.165) is 94.4 Å². The Morgan fingerprint density at radius 2 is 0.870 bits per heavy atom. The Kier molecular flexibility index (Phi) is 9.82. The summed E-state index contributed by atoms with van der Waals surface area (Å²) in [7, 11) is 0. The van der Waals surface area contributed by atoms with Crippen LogP contribution in [0.4, 0.5) is 13.2 Å². The Morgan fingerprint density at radius 1 is 0.420 bits per heavy atom. The molecule has 0 amide bonds. The molecule has 8 aromatic carbocycles. The number of nitriles is 1. The minimum atomic E-state index is -4.72. The summed E-state index contributed by atoms with van der Waals surface area (Å²) in [6.45, 7) is 1.72. The van der Waals surface area contributed by atoms with Gasteiger partial charge in [0.25, 0.3) is 0 Å². The molecule has 0 aliphatic carbocycles. The van der Waals surface area contributed by atoms with E-state index < -0.39 is 11.7 Å². The van der Waals surface area contributed by atoms with Crippen LogP contribution >= 0.6 is 0 Å². The van der Waals surface area contributed by atoms with Crippen molar-refractivity contribution in [3.63, 3.8) is 0 Å². The van der Waals surface area contributed by atoms with Crippen LogP contribution in [0.15, 0.2) is 213 Å². The van der Waals surface area contributed by atoms with Crippen LogP contribution in [0.2, 0.25) is 0 Å². The minimum Gasteiger partial charge on any atom is -0.308 e. The summed E-state index contributed by atoms with van der Waals surface area (Å²) in [6.07, 6.45) is -1.02. The number of aryl methyl sites for hydroxylation is 1. The summed E-state index contributed by atoms with van der Waals surface area (Å²) in [5, 5.41) is 14.6. The highest BCUT2D eigenvalue weighted by molar-refractivity contribution is 6.13. The van der Waals surface area contributed by atoms with Crippen molar-refractivity contribution in [2.75, 3.05) is 0 Å². The van der Waals surface area contributed by atoms with Crippen molar-refractivity contribution < 1.29 is 13.2 Å². The molecule has 0 fully saturated rings. The number of benzene rings is 8. The van der Waals surface area contributed by atoms with Gasteiger partial charge in [0.05, 0.1) is 62.0 Å². The summed E-state index contributed by atoms with van der Waals surface area (Å²) in [5.41, 5.74) is 11.5. The Balaban J connectivity index is 1.16. The molecule has 8 heteroatoms. The van der Waals surface area contributed by atoms with Crippen LogP contribution in [0.25, 0.3) is 111 Å². The third-order valence-corrected chi connectivity index (χ3v) is 13.2. The number of aromatic nitrogens is 4. The fourth-order valence-corrected chi connectivity index (χ4v) is 10.0. The van der Waals surface area contributed by atoms with Gasteiger partial charge in [0.2, 0.25) is 0 Å². The van der Waals surface area contributed by atoms with Crippen molar-refractivity contribution in [3.8, 4) is 73.3 Å². The van der Waals surface area contributed by atoms with E-state index in [1.165, 1.54) is 6.07 Å². The van der Waals surface area contributed by atoms with Gasteiger partial charge < -0.3 is 9.13 Å². The number of halogens is 3. The SMILES string of the molecule is Cc1cccc(C(F)(F)F)c1-c1c(-n2c3ccccc3c3ccc(-c4ccc(-c5ccccc5)nc4)cc32)cc(C#N)cc1-n1c2ccccc2c2ccc(-c3ccc(-c4ccccc4)nc3)cc21. The largest absolute Gasteiger partial charge is 0.417 e. The highest BCUT2D eigenvalue weighted by Gasteiger charge is 2.36. The first kappa shape index (κ1) is 41.4. The predicted octanol–water partition coefficient (Wildman–Crippen LogP) is 16.2. The van der Waals surface area contributed by atoms with Gasteiger partial charge in [-0.25, -0.2) is 0 Å². The summed E-state index contributed by atoms with van der Waals surface area (Å²) in [6, 6.07) is 66.5. The van der Waals surface area contributed by atoms with E-state index in [0.29, 0.717) is 22.5 Å². The third-order valence-electron chi connectivity index (χ3n) is 13.2. The molecule has 4 aromatic heterocycles. The number of hydrogen-bond donors (Lipinski definition) is 0. The molecule has 0 radical (unpaired) electrons. The van der Waals surface area contributed by atoms with E-state index in [4.69, 9.17) is 9.97 Å². The lowest BCUT2D eigenvalue weighted by atomic mass is 9.90. The molecule has 0 unspecified atom stereocenters. The van der Waals surface area contributed by atoms with E-state index in [9.17, 15) is 5.26 Å². The first-order valence-corrected chi connectivity index (χ1v) is 22.6. The quantitative estimate of drug-likeness (QED) is 0.160. The molecule has 0 atom stereocenters. The molecule has 0 saturated carbocycles. The van der Waals surface area contributed by atoms with Gasteiger partial charge in [-0.3, -0.25) is 9.97 Å². The van der Waals surface area contributed by atoms with E-state index >= 15 is 13.2 Å². The minimum absolute atomic E-state index is 0.0325. The molecule has 12 rings (SSSR count). The maximum atomic E-state index is 15.7. The van der Waals surface area contributed by atoms with Gasteiger partial charge in [0, 0.05) is 67.3 Å². The number of para-hydroxylation sites is 2. The summed E-state index contributed by atoms with van der Waals surface area (Å²) < 4.78 is 51.2. The predicted molar refractivity (Wildman–Crippen MR) is 272 cm³/mol. The van der Waals surface area contributed by atoms with Gasteiger partial charge in [0.1, 0.15) is 0 Å². The van der Waals surface area contributed by atoms with E-state index in [2.05, 4.69) is 42.5 Å². The highest BCUT2D eigenvalue weighted by Crippen LogP contribution is 2.48. The fraction of sp³-hybridized carbons (Fsp3) is 0.0328. The van der Waals surface area contributed by atoms with Crippen LogP contribution in [0.1, 0.15) is 16.7 Å². The van der Waals surface area contributed by atoms with Gasteiger partial charge in [-0.2, -0.15) is 18.4 Å². The van der Waals surface area contributed by atoms with Crippen molar-refractivity contribution >= 4 is 43.6 Å². The molecule has 0 aliphatic heterocycles. The Morgan fingerprint density at radius 3 is 1.32 bits per heavy atom. The van der Waals surface area contributed by atoms with Crippen LogP contribution in [0.3, 0.4) is 0 Å². The van der Waals surface area contributed by atoms with Crippen LogP contribution in [-0.4, -0.2) is 19.1 Å². The lowest BCUT2D eigenvalue weighted by Gasteiger charge is -2.24. The van der Waals surface area contributed by atoms with E-state index in [1.807, 2.05) is 155 Å². The van der Waals surface area contributed by atoms with Gasteiger partial charge >= 0.3 is 6.18 Å².